The van der Waals surface area contributed by atoms with Crippen molar-refractivity contribution in [1.82, 2.24) is 4.72 Å². The van der Waals surface area contributed by atoms with E-state index in [0.717, 1.165) is 12.1 Å². The first-order valence-electron chi connectivity index (χ1n) is 5.86. The van der Waals surface area contributed by atoms with Crippen LogP contribution in [-0.2, 0) is 21.3 Å². The Kier molecular flexibility index (Phi) is 5.20. The van der Waals surface area contributed by atoms with Crippen molar-refractivity contribution in [2.45, 2.75) is 30.9 Å². The fourth-order valence-corrected chi connectivity index (χ4v) is 2.69. The van der Waals surface area contributed by atoms with Crippen molar-refractivity contribution in [2.24, 2.45) is 5.73 Å². The molecule has 0 radical (unpaired) electrons. The number of methoxy groups -OCH3 is 1. The first-order valence-corrected chi connectivity index (χ1v) is 7.34. The molecule has 0 saturated heterocycles. The maximum Gasteiger partial charge on any atom is 0.243 e. The second-order valence-electron chi connectivity index (χ2n) is 4.83. The number of sulfonamides is 1. The van der Waals surface area contributed by atoms with E-state index in [1.165, 1.54) is 7.11 Å². The van der Waals surface area contributed by atoms with E-state index in [9.17, 15) is 17.2 Å². The fourth-order valence-electron chi connectivity index (χ4n) is 1.39. The van der Waals surface area contributed by atoms with Crippen LogP contribution in [0.4, 0.5) is 8.78 Å². The monoisotopic (exact) mass is 308 g/mol. The molecule has 0 aliphatic heterocycles. The molecule has 5 nitrogen and oxygen atoms in total. The summed E-state index contributed by atoms with van der Waals surface area (Å²) in [5.41, 5.74) is 4.00. The second kappa shape index (κ2) is 6.13. The van der Waals surface area contributed by atoms with E-state index in [4.69, 9.17) is 10.5 Å². The predicted octanol–water partition coefficient (Wildman–Crippen LogP) is 1.13. The summed E-state index contributed by atoms with van der Waals surface area (Å²) in [7, 11) is -2.68. The third-order valence-corrected chi connectivity index (χ3v) is 4.30. The van der Waals surface area contributed by atoms with E-state index in [1.807, 2.05) is 0 Å². The number of nitrogens with two attached hydrogens (primary N) is 1. The molecule has 20 heavy (non-hydrogen) atoms. The van der Waals surface area contributed by atoms with Gasteiger partial charge >= 0.3 is 0 Å². The van der Waals surface area contributed by atoms with Crippen LogP contribution in [-0.4, -0.2) is 27.7 Å². The molecular formula is C12H18F2N2O3S. The van der Waals surface area contributed by atoms with Gasteiger partial charge in [-0.15, -0.1) is 0 Å². The Morgan fingerprint density at radius 1 is 1.35 bits per heavy atom. The van der Waals surface area contributed by atoms with E-state index < -0.39 is 44.3 Å². The highest BCUT2D eigenvalue weighted by molar-refractivity contribution is 7.89. The average Bonchev–Trinajstić information content (AvgIpc) is 2.37. The summed E-state index contributed by atoms with van der Waals surface area (Å²) in [5.74, 6) is -2.05. The van der Waals surface area contributed by atoms with Crippen molar-refractivity contribution in [1.29, 1.82) is 0 Å². The molecule has 0 saturated carbocycles. The molecule has 114 valence electrons. The molecule has 0 heterocycles. The number of nitrogens with one attached hydrogen (secondary N) is 1. The number of ether oxygens (including phenoxy) is 1. The highest BCUT2D eigenvalue weighted by atomic mass is 32.2. The van der Waals surface area contributed by atoms with E-state index in [-0.39, 0.29) is 6.54 Å². The molecule has 0 bridgehead atoms. The third kappa shape index (κ3) is 3.72. The lowest BCUT2D eigenvalue weighted by Crippen LogP contribution is -2.40. The number of hydrogen-bond acceptors (Lipinski definition) is 4. The van der Waals surface area contributed by atoms with E-state index in [2.05, 4.69) is 4.72 Å². The molecule has 0 atom stereocenters. The lowest BCUT2D eigenvalue weighted by Gasteiger charge is -2.23. The van der Waals surface area contributed by atoms with Crippen LogP contribution in [0.25, 0.3) is 0 Å². The SMILES string of the molecule is COC(C)(C)CNS(=O)(=O)c1ccc(F)c(CN)c1F. The zero-order chi connectivity index (χ0) is 15.6. The Hall–Kier alpha value is -1.09. The quantitative estimate of drug-likeness (QED) is 0.825. The normalized spacial score (nSPS) is 12.7. The predicted molar refractivity (Wildman–Crippen MR) is 70.5 cm³/mol. The zero-order valence-corrected chi connectivity index (χ0v) is 12.4. The molecule has 1 aromatic rings. The fraction of sp³-hybridized carbons (Fsp3) is 0.500. The number of rotatable bonds is 6. The van der Waals surface area contributed by atoms with Gasteiger partial charge in [0.05, 0.1) is 5.60 Å². The number of halogens is 2. The Balaban J connectivity index is 3.11. The summed E-state index contributed by atoms with van der Waals surface area (Å²) >= 11 is 0. The molecule has 0 aliphatic carbocycles. The van der Waals surface area contributed by atoms with Gasteiger partial charge in [-0.05, 0) is 26.0 Å². The lowest BCUT2D eigenvalue weighted by atomic mass is 10.1. The topological polar surface area (TPSA) is 81.4 Å². The maximum atomic E-state index is 14.0. The van der Waals surface area contributed by atoms with Crippen LogP contribution in [0.15, 0.2) is 17.0 Å². The van der Waals surface area contributed by atoms with Crippen molar-refractivity contribution in [3.8, 4) is 0 Å². The van der Waals surface area contributed by atoms with E-state index in [0.29, 0.717) is 0 Å². The number of hydrogen-bond donors (Lipinski definition) is 2. The van der Waals surface area contributed by atoms with Crippen LogP contribution in [0.3, 0.4) is 0 Å². The Morgan fingerprint density at radius 2 is 1.95 bits per heavy atom. The van der Waals surface area contributed by atoms with E-state index in [1.54, 1.807) is 13.8 Å². The van der Waals surface area contributed by atoms with Gasteiger partial charge in [-0.3, -0.25) is 0 Å². The first kappa shape index (κ1) is 17.0. The van der Waals surface area contributed by atoms with Crippen LogP contribution < -0.4 is 10.5 Å². The summed E-state index contributed by atoms with van der Waals surface area (Å²) in [6, 6.07) is 1.74. The Bertz CT molecular complexity index is 589. The molecule has 0 aliphatic rings. The van der Waals surface area contributed by atoms with Crippen LogP contribution in [0.2, 0.25) is 0 Å². The maximum absolute atomic E-state index is 14.0. The Labute approximate surface area is 117 Å². The van der Waals surface area contributed by atoms with Crippen LogP contribution >= 0.6 is 0 Å². The van der Waals surface area contributed by atoms with Gasteiger partial charge < -0.3 is 10.5 Å². The van der Waals surface area contributed by atoms with Crippen molar-refractivity contribution >= 4 is 10.0 Å². The summed E-state index contributed by atoms with van der Waals surface area (Å²) < 4.78 is 58.6. The smallest absolute Gasteiger partial charge is 0.243 e. The van der Waals surface area contributed by atoms with Crippen LogP contribution in [0.5, 0.6) is 0 Å². The van der Waals surface area contributed by atoms with Crippen molar-refractivity contribution < 1.29 is 21.9 Å². The molecule has 8 heteroatoms. The van der Waals surface area contributed by atoms with Gasteiger partial charge in [-0.25, -0.2) is 21.9 Å². The third-order valence-electron chi connectivity index (χ3n) is 2.88. The lowest BCUT2D eigenvalue weighted by molar-refractivity contribution is 0.0276. The van der Waals surface area contributed by atoms with Crippen molar-refractivity contribution in [2.75, 3.05) is 13.7 Å². The van der Waals surface area contributed by atoms with Gasteiger partial charge in [0.2, 0.25) is 10.0 Å². The van der Waals surface area contributed by atoms with Crippen molar-refractivity contribution in [3.63, 3.8) is 0 Å². The molecular weight excluding hydrogens is 290 g/mol. The zero-order valence-electron chi connectivity index (χ0n) is 11.5. The molecule has 0 aromatic heterocycles. The largest absolute Gasteiger partial charge is 0.377 e. The van der Waals surface area contributed by atoms with Gasteiger partial charge in [0.15, 0.2) is 5.82 Å². The van der Waals surface area contributed by atoms with E-state index >= 15 is 0 Å². The Morgan fingerprint density at radius 3 is 2.45 bits per heavy atom. The minimum atomic E-state index is -4.11. The summed E-state index contributed by atoms with van der Waals surface area (Å²) in [6.45, 7) is 2.86. The molecule has 1 rings (SSSR count). The molecule has 3 N–H and O–H groups in total. The molecule has 0 fully saturated rings. The number of benzene rings is 1. The summed E-state index contributed by atoms with van der Waals surface area (Å²) in [4.78, 5) is -0.633. The van der Waals surface area contributed by atoms with Crippen molar-refractivity contribution in [3.05, 3.63) is 29.3 Å². The van der Waals surface area contributed by atoms with Gasteiger partial charge in [-0.2, -0.15) is 0 Å². The van der Waals surface area contributed by atoms with Gasteiger partial charge in [-0.1, -0.05) is 0 Å². The molecule has 1 aromatic carbocycles. The van der Waals surface area contributed by atoms with Crippen LogP contribution in [0, 0.1) is 11.6 Å². The van der Waals surface area contributed by atoms with Gasteiger partial charge in [0.25, 0.3) is 0 Å². The molecule has 0 amide bonds. The minimum Gasteiger partial charge on any atom is -0.377 e. The molecule has 0 unspecified atom stereocenters. The first-order chi connectivity index (χ1) is 9.14. The summed E-state index contributed by atoms with van der Waals surface area (Å²) in [6.07, 6.45) is 0. The minimum absolute atomic E-state index is 0.0550. The summed E-state index contributed by atoms with van der Waals surface area (Å²) in [5, 5.41) is 0. The highest BCUT2D eigenvalue weighted by Gasteiger charge is 2.26. The highest BCUT2D eigenvalue weighted by Crippen LogP contribution is 2.21. The second-order valence-corrected chi connectivity index (χ2v) is 6.57. The van der Waals surface area contributed by atoms with Crippen LogP contribution in [0.1, 0.15) is 19.4 Å². The standard InChI is InChI=1S/C12H18F2N2O3S/c1-12(2,19-3)7-16-20(17,18)10-5-4-9(13)8(6-15)11(10)14/h4-5,16H,6-7,15H2,1-3H3. The van der Waals surface area contributed by atoms with Gasteiger partial charge in [0, 0.05) is 25.8 Å². The van der Waals surface area contributed by atoms with Gasteiger partial charge in [0.1, 0.15) is 10.7 Å². The molecule has 0 spiro atoms. The average molecular weight is 308 g/mol.